The van der Waals surface area contributed by atoms with E-state index >= 15 is 0 Å². The van der Waals surface area contributed by atoms with Crippen LogP contribution in [0.5, 0.6) is 0 Å². The Labute approximate surface area is 99.0 Å². The lowest BCUT2D eigenvalue weighted by Crippen LogP contribution is -2.48. The van der Waals surface area contributed by atoms with Gasteiger partial charge in [-0.05, 0) is 12.8 Å². The SMILES string of the molecule is O=C(O)CCN1C(=O)NC2(CCCCC2)C1=O. The van der Waals surface area contributed by atoms with Crippen LogP contribution in [-0.4, -0.2) is 40.0 Å². The molecule has 0 aromatic carbocycles. The quantitative estimate of drug-likeness (QED) is 0.711. The molecule has 0 unspecified atom stereocenters. The molecule has 1 spiro atoms. The third kappa shape index (κ3) is 2.11. The van der Waals surface area contributed by atoms with E-state index in [0.29, 0.717) is 12.8 Å². The fourth-order valence-electron chi connectivity index (χ4n) is 2.58. The average molecular weight is 240 g/mol. The molecular formula is C11H16N2O4. The van der Waals surface area contributed by atoms with E-state index in [1.807, 2.05) is 0 Å². The average Bonchev–Trinajstić information content (AvgIpc) is 2.50. The van der Waals surface area contributed by atoms with Gasteiger partial charge in [0.2, 0.25) is 0 Å². The molecule has 1 aliphatic heterocycles. The molecule has 1 saturated heterocycles. The maximum absolute atomic E-state index is 12.2. The third-order valence-corrected chi connectivity index (χ3v) is 3.50. The first-order valence-electron chi connectivity index (χ1n) is 5.91. The lowest BCUT2D eigenvalue weighted by Gasteiger charge is -2.30. The number of rotatable bonds is 3. The lowest BCUT2D eigenvalue weighted by molar-refractivity contribution is -0.138. The summed E-state index contributed by atoms with van der Waals surface area (Å²) in [5.74, 6) is -1.25. The van der Waals surface area contributed by atoms with E-state index in [4.69, 9.17) is 5.11 Å². The van der Waals surface area contributed by atoms with Gasteiger partial charge >= 0.3 is 12.0 Å². The second kappa shape index (κ2) is 4.35. The molecule has 0 radical (unpaired) electrons. The minimum absolute atomic E-state index is 0.0399. The number of hydrogen-bond donors (Lipinski definition) is 2. The Morgan fingerprint density at radius 1 is 1.29 bits per heavy atom. The Balaban J connectivity index is 2.07. The number of carbonyl (C=O) groups is 3. The molecule has 0 aromatic rings. The van der Waals surface area contributed by atoms with Crippen LogP contribution in [0.1, 0.15) is 38.5 Å². The highest BCUT2D eigenvalue weighted by Crippen LogP contribution is 2.33. The molecule has 94 valence electrons. The predicted octanol–water partition coefficient (Wildman–Crippen LogP) is 0.716. The van der Waals surface area contributed by atoms with Gasteiger partial charge in [-0.25, -0.2) is 4.79 Å². The van der Waals surface area contributed by atoms with Gasteiger partial charge in [-0.15, -0.1) is 0 Å². The first kappa shape index (κ1) is 11.9. The number of carbonyl (C=O) groups excluding carboxylic acids is 2. The number of amides is 3. The zero-order valence-electron chi connectivity index (χ0n) is 9.57. The van der Waals surface area contributed by atoms with Gasteiger partial charge in [0.25, 0.3) is 5.91 Å². The molecule has 6 nitrogen and oxygen atoms in total. The molecule has 2 aliphatic rings. The van der Waals surface area contributed by atoms with E-state index in [9.17, 15) is 14.4 Å². The molecular weight excluding hydrogens is 224 g/mol. The Kier molecular flexibility index (Phi) is 3.04. The summed E-state index contributed by atoms with van der Waals surface area (Å²) in [6, 6.07) is -0.446. The van der Waals surface area contributed by atoms with Crippen LogP contribution in [0.15, 0.2) is 0 Å². The van der Waals surface area contributed by atoms with Crippen molar-refractivity contribution in [2.45, 2.75) is 44.1 Å². The molecule has 0 atom stereocenters. The predicted molar refractivity (Wildman–Crippen MR) is 58.3 cm³/mol. The Bertz CT molecular complexity index is 360. The molecule has 1 aliphatic carbocycles. The van der Waals surface area contributed by atoms with E-state index in [1.54, 1.807) is 0 Å². The number of carboxylic acid groups (broad SMARTS) is 1. The van der Waals surface area contributed by atoms with Gasteiger partial charge < -0.3 is 10.4 Å². The molecule has 2 fully saturated rings. The van der Waals surface area contributed by atoms with Crippen molar-refractivity contribution in [1.82, 2.24) is 10.2 Å². The Morgan fingerprint density at radius 2 is 1.94 bits per heavy atom. The van der Waals surface area contributed by atoms with Gasteiger partial charge in [-0.3, -0.25) is 14.5 Å². The summed E-state index contributed by atoms with van der Waals surface area (Å²) < 4.78 is 0. The molecule has 2 N–H and O–H groups in total. The summed E-state index contributed by atoms with van der Waals surface area (Å²) in [7, 11) is 0. The van der Waals surface area contributed by atoms with Gasteiger partial charge in [0, 0.05) is 6.54 Å². The van der Waals surface area contributed by atoms with E-state index < -0.39 is 17.5 Å². The lowest BCUT2D eigenvalue weighted by atomic mass is 9.82. The zero-order valence-corrected chi connectivity index (χ0v) is 9.57. The van der Waals surface area contributed by atoms with E-state index in [2.05, 4.69) is 5.32 Å². The monoisotopic (exact) mass is 240 g/mol. The second-order valence-corrected chi connectivity index (χ2v) is 4.67. The summed E-state index contributed by atoms with van der Waals surface area (Å²) in [4.78, 5) is 35.3. The van der Waals surface area contributed by atoms with E-state index in [1.165, 1.54) is 0 Å². The molecule has 1 heterocycles. The van der Waals surface area contributed by atoms with Crippen LogP contribution in [0.4, 0.5) is 4.79 Å². The first-order chi connectivity index (χ1) is 8.05. The Morgan fingerprint density at radius 3 is 2.53 bits per heavy atom. The third-order valence-electron chi connectivity index (χ3n) is 3.50. The number of imide groups is 1. The highest BCUT2D eigenvalue weighted by Gasteiger charge is 2.50. The summed E-state index contributed by atoms with van der Waals surface area (Å²) in [5.41, 5.74) is -0.742. The fraction of sp³-hybridized carbons (Fsp3) is 0.727. The van der Waals surface area contributed by atoms with Crippen molar-refractivity contribution in [1.29, 1.82) is 0 Å². The number of aliphatic carboxylic acids is 1. The summed E-state index contributed by atoms with van der Waals surface area (Å²) in [6.07, 6.45) is 4.08. The summed E-state index contributed by atoms with van der Waals surface area (Å²) in [5, 5.41) is 11.3. The number of hydrogen-bond acceptors (Lipinski definition) is 3. The number of nitrogens with zero attached hydrogens (tertiary/aromatic N) is 1. The minimum Gasteiger partial charge on any atom is -0.481 e. The highest BCUT2D eigenvalue weighted by atomic mass is 16.4. The topological polar surface area (TPSA) is 86.7 Å². The summed E-state index contributed by atoms with van der Waals surface area (Å²) in [6.45, 7) is -0.0399. The van der Waals surface area contributed by atoms with Crippen LogP contribution < -0.4 is 5.32 Å². The van der Waals surface area contributed by atoms with Crippen LogP contribution in [0, 0.1) is 0 Å². The number of carboxylic acids is 1. The van der Waals surface area contributed by atoms with Crippen LogP contribution >= 0.6 is 0 Å². The van der Waals surface area contributed by atoms with Crippen LogP contribution in [0.25, 0.3) is 0 Å². The van der Waals surface area contributed by atoms with Crippen molar-refractivity contribution in [3.8, 4) is 0 Å². The first-order valence-corrected chi connectivity index (χ1v) is 5.91. The van der Waals surface area contributed by atoms with Gasteiger partial charge in [0.05, 0.1) is 6.42 Å². The molecule has 17 heavy (non-hydrogen) atoms. The van der Waals surface area contributed by atoms with Crippen LogP contribution in [0.2, 0.25) is 0 Å². The Hall–Kier alpha value is -1.59. The number of urea groups is 1. The van der Waals surface area contributed by atoms with Crippen molar-refractivity contribution >= 4 is 17.9 Å². The van der Waals surface area contributed by atoms with Gasteiger partial charge in [0.1, 0.15) is 5.54 Å². The van der Waals surface area contributed by atoms with Crippen molar-refractivity contribution in [3.63, 3.8) is 0 Å². The normalized spacial score (nSPS) is 22.9. The molecule has 2 rings (SSSR count). The van der Waals surface area contributed by atoms with Crippen molar-refractivity contribution in [2.75, 3.05) is 6.54 Å². The van der Waals surface area contributed by atoms with Crippen molar-refractivity contribution in [2.24, 2.45) is 0 Å². The minimum atomic E-state index is -1.00. The molecule has 3 amide bonds. The molecule has 6 heteroatoms. The van der Waals surface area contributed by atoms with E-state index in [-0.39, 0.29) is 18.9 Å². The fourth-order valence-corrected chi connectivity index (χ4v) is 2.58. The zero-order chi connectivity index (χ0) is 12.5. The van der Waals surface area contributed by atoms with Crippen molar-refractivity contribution < 1.29 is 19.5 Å². The number of nitrogens with one attached hydrogen (secondary N) is 1. The maximum Gasteiger partial charge on any atom is 0.325 e. The molecule has 0 aromatic heterocycles. The van der Waals surface area contributed by atoms with Gasteiger partial charge in [-0.2, -0.15) is 0 Å². The standard InChI is InChI=1S/C11H16N2O4/c14-8(15)4-7-13-9(16)11(12-10(13)17)5-2-1-3-6-11/h1-7H2,(H,12,17)(H,14,15). The second-order valence-electron chi connectivity index (χ2n) is 4.67. The highest BCUT2D eigenvalue weighted by molar-refractivity contribution is 6.07. The van der Waals surface area contributed by atoms with Crippen molar-refractivity contribution in [3.05, 3.63) is 0 Å². The van der Waals surface area contributed by atoms with E-state index in [0.717, 1.165) is 24.2 Å². The van der Waals surface area contributed by atoms with Crippen LogP contribution in [-0.2, 0) is 9.59 Å². The van der Waals surface area contributed by atoms with Crippen LogP contribution in [0.3, 0.4) is 0 Å². The molecule has 1 saturated carbocycles. The smallest absolute Gasteiger partial charge is 0.325 e. The maximum atomic E-state index is 12.2. The molecule has 0 bridgehead atoms. The van der Waals surface area contributed by atoms with Gasteiger partial charge in [0.15, 0.2) is 0 Å². The largest absolute Gasteiger partial charge is 0.481 e. The van der Waals surface area contributed by atoms with Gasteiger partial charge in [-0.1, -0.05) is 19.3 Å². The summed E-state index contributed by atoms with van der Waals surface area (Å²) >= 11 is 0.